The topological polar surface area (TPSA) is 60.2 Å². The zero-order chi connectivity index (χ0) is 13.5. The van der Waals surface area contributed by atoms with Crippen LogP contribution in [0.5, 0.6) is 0 Å². The van der Waals surface area contributed by atoms with Crippen molar-refractivity contribution in [2.24, 2.45) is 0 Å². The Kier molecular flexibility index (Phi) is 5.32. The number of hydrogen-bond donors (Lipinski definition) is 1. The van der Waals surface area contributed by atoms with E-state index in [1.807, 2.05) is 12.1 Å². The number of halogens is 1. The second-order valence-corrected chi connectivity index (χ2v) is 4.47. The standard InChI is InChI=1S/C13H16ClN3O2/c1-18-7-3-6-15-9-12-16-17-13(19-12)10-4-2-5-11(14)8-10/h2,4-5,8,15H,3,6-7,9H2,1H3. The number of aromatic nitrogens is 2. The van der Waals surface area contributed by atoms with Crippen LogP contribution in [0.1, 0.15) is 12.3 Å². The van der Waals surface area contributed by atoms with E-state index in [4.69, 9.17) is 20.8 Å². The van der Waals surface area contributed by atoms with Crippen LogP contribution in [0.3, 0.4) is 0 Å². The molecule has 0 aliphatic heterocycles. The van der Waals surface area contributed by atoms with Crippen LogP contribution in [-0.2, 0) is 11.3 Å². The SMILES string of the molecule is COCCCNCc1nnc(-c2cccc(Cl)c2)o1. The zero-order valence-corrected chi connectivity index (χ0v) is 11.5. The first-order valence-corrected chi connectivity index (χ1v) is 6.45. The highest BCUT2D eigenvalue weighted by Gasteiger charge is 2.08. The maximum Gasteiger partial charge on any atom is 0.247 e. The van der Waals surface area contributed by atoms with Crippen molar-refractivity contribution in [1.82, 2.24) is 15.5 Å². The van der Waals surface area contributed by atoms with Crippen molar-refractivity contribution in [2.75, 3.05) is 20.3 Å². The van der Waals surface area contributed by atoms with E-state index >= 15 is 0 Å². The highest BCUT2D eigenvalue weighted by molar-refractivity contribution is 6.30. The van der Waals surface area contributed by atoms with Crippen LogP contribution >= 0.6 is 11.6 Å². The summed E-state index contributed by atoms with van der Waals surface area (Å²) in [5.41, 5.74) is 0.825. The Morgan fingerprint density at radius 1 is 1.37 bits per heavy atom. The third kappa shape index (κ3) is 4.31. The number of hydrogen-bond acceptors (Lipinski definition) is 5. The summed E-state index contributed by atoms with van der Waals surface area (Å²) in [5.74, 6) is 1.04. The third-order valence-corrected chi connectivity index (χ3v) is 2.75. The van der Waals surface area contributed by atoms with Gasteiger partial charge < -0.3 is 14.5 Å². The summed E-state index contributed by atoms with van der Waals surface area (Å²) in [6.07, 6.45) is 0.950. The lowest BCUT2D eigenvalue weighted by Crippen LogP contribution is -2.16. The molecule has 0 saturated carbocycles. The van der Waals surface area contributed by atoms with E-state index in [0.29, 0.717) is 23.3 Å². The van der Waals surface area contributed by atoms with Crippen molar-refractivity contribution in [3.63, 3.8) is 0 Å². The van der Waals surface area contributed by atoms with Gasteiger partial charge in [0.15, 0.2) is 0 Å². The highest BCUT2D eigenvalue weighted by atomic mass is 35.5. The number of nitrogens with zero attached hydrogens (tertiary/aromatic N) is 2. The van der Waals surface area contributed by atoms with Gasteiger partial charge in [-0.25, -0.2) is 0 Å². The molecule has 0 bridgehead atoms. The van der Waals surface area contributed by atoms with E-state index in [0.717, 1.165) is 25.1 Å². The summed E-state index contributed by atoms with van der Waals surface area (Å²) in [6, 6.07) is 7.34. The van der Waals surface area contributed by atoms with Crippen LogP contribution in [0, 0.1) is 0 Å². The molecule has 6 heteroatoms. The summed E-state index contributed by atoms with van der Waals surface area (Å²) < 4.78 is 10.5. The number of rotatable bonds is 7. The number of methoxy groups -OCH3 is 1. The van der Waals surface area contributed by atoms with Crippen molar-refractivity contribution in [3.8, 4) is 11.5 Å². The first-order chi connectivity index (χ1) is 9.29. The molecule has 0 aliphatic rings. The summed E-state index contributed by atoms with van der Waals surface area (Å²) in [4.78, 5) is 0. The molecule has 102 valence electrons. The molecule has 0 spiro atoms. The van der Waals surface area contributed by atoms with Crippen molar-refractivity contribution in [3.05, 3.63) is 35.2 Å². The van der Waals surface area contributed by atoms with Gasteiger partial charge in [0.25, 0.3) is 0 Å². The Morgan fingerprint density at radius 2 is 2.26 bits per heavy atom. The first kappa shape index (κ1) is 14.0. The lowest BCUT2D eigenvalue weighted by atomic mass is 10.2. The molecule has 19 heavy (non-hydrogen) atoms. The summed E-state index contributed by atoms with van der Waals surface area (Å²) in [7, 11) is 1.69. The maximum atomic E-state index is 5.92. The molecule has 0 saturated heterocycles. The monoisotopic (exact) mass is 281 g/mol. The quantitative estimate of drug-likeness (QED) is 0.790. The van der Waals surface area contributed by atoms with E-state index in [2.05, 4.69) is 15.5 Å². The van der Waals surface area contributed by atoms with Crippen LogP contribution in [0.25, 0.3) is 11.5 Å². The zero-order valence-electron chi connectivity index (χ0n) is 10.7. The van der Waals surface area contributed by atoms with Crippen molar-refractivity contribution in [1.29, 1.82) is 0 Å². The van der Waals surface area contributed by atoms with Crippen LogP contribution in [0.15, 0.2) is 28.7 Å². The van der Waals surface area contributed by atoms with E-state index in [1.165, 1.54) is 0 Å². The molecule has 1 heterocycles. The minimum absolute atomic E-state index is 0.483. The van der Waals surface area contributed by atoms with E-state index < -0.39 is 0 Å². The molecule has 1 aromatic heterocycles. The third-order valence-electron chi connectivity index (χ3n) is 2.52. The largest absolute Gasteiger partial charge is 0.419 e. The van der Waals surface area contributed by atoms with Crippen molar-refractivity contribution in [2.45, 2.75) is 13.0 Å². The van der Waals surface area contributed by atoms with Gasteiger partial charge in [0.1, 0.15) is 0 Å². The van der Waals surface area contributed by atoms with Crippen molar-refractivity contribution < 1.29 is 9.15 Å². The Bertz CT molecular complexity index is 516. The fourth-order valence-electron chi connectivity index (χ4n) is 1.60. The highest BCUT2D eigenvalue weighted by Crippen LogP contribution is 2.21. The predicted octanol–water partition coefficient (Wildman–Crippen LogP) is 2.52. The Balaban J connectivity index is 1.88. The van der Waals surface area contributed by atoms with Gasteiger partial charge in [0.2, 0.25) is 11.8 Å². The predicted molar refractivity (Wildman–Crippen MR) is 72.9 cm³/mol. The summed E-state index contributed by atoms with van der Waals surface area (Å²) in [6.45, 7) is 2.14. The van der Waals surface area contributed by atoms with Gasteiger partial charge in [0.05, 0.1) is 6.54 Å². The van der Waals surface area contributed by atoms with Crippen LogP contribution in [0.4, 0.5) is 0 Å². The van der Waals surface area contributed by atoms with Gasteiger partial charge in [-0.05, 0) is 31.2 Å². The second kappa shape index (κ2) is 7.23. The van der Waals surface area contributed by atoms with Gasteiger partial charge in [-0.15, -0.1) is 10.2 Å². The minimum Gasteiger partial charge on any atom is -0.419 e. The molecule has 1 N–H and O–H groups in total. The molecule has 0 aliphatic carbocycles. The Hall–Kier alpha value is -1.43. The molecular formula is C13H16ClN3O2. The molecule has 5 nitrogen and oxygen atoms in total. The molecule has 0 unspecified atom stereocenters. The molecule has 2 aromatic rings. The molecule has 0 atom stereocenters. The average molecular weight is 282 g/mol. The summed E-state index contributed by atoms with van der Waals surface area (Å²) >= 11 is 5.92. The molecule has 2 rings (SSSR count). The minimum atomic E-state index is 0.483. The van der Waals surface area contributed by atoms with Gasteiger partial charge >= 0.3 is 0 Å². The van der Waals surface area contributed by atoms with E-state index in [-0.39, 0.29) is 0 Å². The fraction of sp³-hybridized carbons (Fsp3) is 0.385. The Labute approximate surface area is 116 Å². The molecule has 0 fully saturated rings. The molecule has 0 radical (unpaired) electrons. The maximum absolute atomic E-state index is 5.92. The molecular weight excluding hydrogens is 266 g/mol. The van der Waals surface area contributed by atoms with Gasteiger partial charge in [-0.2, -0.15) is 0 Å². The Morgan fingerprint density at radius 3 is 3.05 bits per heavy atom. The van der Waals surface area contributed by atoms with Crippen LogP contribution < -0.4 is 5.32 Å². The average Bonchev–Trinajstić information content (AvgIpc) is 2.87. The van der Waals surface area contributed by atoms with Gasteiger partial charge in [0, 0.05) is 24.3 Å². The van der Waals surface area contributed by atoms with Crippen LogP contribution in [-0.4, -0.2) is 30.5 Å². The smallest absolute Gasteiger partial charge is 0.247 e. The molecule has 1 aromatic carbocycles. The molecule has 0 amide bonds. The lowest BCUT2D eigenvalue weighted by molar-refractivity contribution is 0.194. The number of ether oxygens (including phenoxy) is 1. The van der Waals surface area contributed by atoms with E-state index in [1.54, 1.807) is 19.2 Å². The number of nitrogens with one attached hydrogen (secondary N) is 1. The van der Waals surface area contributed by atoms with E-state index in [9.17, 15) is 0 Å². The van der Waals surface area contributed by atoms with Gasteiger partial charge in [-0.3, -0.25) is 0 Å². The fourth-order valence-corrected chi connectivity index (χ4v) is 1.79. The number of benzene rings is 1. The lowest BCUT2D eigenvalue weighted by Gasteiger charge is -2.00. The van der Waals surface area contributed by atoms with Crippen molar-refractivity contribution >= 4 is 11.6 Å². The van der Waals surface area contributed by atoms with Gasteiger partial charge in [-0.1, -0.05) is 17.7 Å². The van der Waals surface area contributed by atoms with Crippen LogP contribution in [0.2, 0.25) is 5.02 Å². The first-order valence-electron chi connectivity index (χ1n) is 6.07. The second-order valence-electron chi connectivity index (χ2n) is 4.03. The normalized spacial score (nSPS) is 10.8. The summed E-state index contributed by atoms with van der Waals surface area (Å²) in [5, 5.41) is 11.8.